The van der Waals surface area contributed by atoms with Gasteiger partial charge in [0.1, 0.15) is 17.9 Å². The predicted octanol–water partition coefficient (Wildman–Crippen LogP) is 4.97. The van der Waals surface area contributed by atoms with Crippen molar-refractivity contribution in [1.29, 1.82) is 0 Å². The summed E-state index contributed by atoms with van der Waals surface area (Å²) in [5.74, 6) is 2.56. The maximum absolute atomic E-state index is 13.3. The number of para-hydroxylation sites is 2. The number of benzene rings is 2. The fourth-order valence-electron chi connectivity index (χ4n) is 4.07. The van der Waals surface area contributed by atoms with Gasteiger partial charge in [0.25, 0.3) is 5.91 Å². The van der Waals surface area contributed by atoms with Crippen molar-refractivity contribution >= 4 is 5.91 Å². The summed E-state index contributed by atoms with van der Waals surface area (Å²) in [6.45, 7) is 7.43. The first-order valence-electron chi connectivity index (χ1n) is 12.0. The van der Waals surface area contributed by atoms with E-state index in [1.165, 1.54) is 5.56 Å². The van der Waals surface area contributed by atoms with Gasteiger partial charge in [0, 0.05) is 45.0 Å². The molecule has 0 fully saturated rings. The molecular formula is C28H33N3O4. The molecule has 2 aromatic carbocycles. The van der Waals surface area contributed by atoms with Crippen molar-refractivity contribution in [2.24, 2.45) is 0 Å². The van der Waals surface area contributed by atoms with Crippen LogP contribution in [-0.2, 0) is 6.54 Å². The molecule has 0 unspecified atom stereocenters. The third-order valence-electron chi connectivity index (χ3n) is 6.19. The lowest BCUT2D eigenvalue weighted by Crippen LogP contribution is -2.38. The molecule has 0 atom stereocenters. The zero-order chi connectivity index (χ0) is 24.8. The lowest BCUT2D eigenvalue weighted by molar-refractivity contribution is 0.0770. The van der Waals surface area contributed by atoms with Crippen LogP contribution in [0.4, 0.5) is 0 Å². The lowest BCUT2D eigenvalue weighted by Gasteiger charge is -2.26. The van der Waals surface area contributed by atoms with Crippen LogP contribution in [0.3, 0.4) is 0 Å². The molecule has 1 amide bonds. The third-order valence-corrected chi connectivity index (χ3v) is 6.19. The molecule has 0 saturated carbocycles. The highest BCUT2D eigenvalue weighted by atomic mass is 16.5. The molecule has 35 heavy (non-hydrogen) atoms. The molecule has 0 N–H and O–H groups in total. The molecule has 3 aromatic rings. The second-order valence-electron chi connectivity index (χ2n) is 8.98. The molecule has 7 nitrogen and oxygen atoms in total. The SMILES string of the molecule is COc1ccc(C(C)C)cc1CN1CCOc2ccccc2Oc2ncccc2C(=O)N(C)CC1. The van der Waals surface area contributed by atoms with Crippen LogP contribution in [0.15, 0.2) is 60.8 Å². The van der Waals surface area contributed by atoms with Gasteiger partial charge >= 0.3 is 0 Å². The number of rotatable bonds is 4. The number of carbonyl (C=O) groups is 1. The monoisotopic (exact) mass is 475 g/mol. The summed E-state index contributed by atoms with van der Waals surface area (Å²) in [7, 11) is 3.51. The average molecular weight is 476 g/mol. The molecule has 4 rings (SSSR count). The van der Waals surface area contributed by atoms with Gasteiger partial charge in [0.2, 0.25) is 5.88 Å². The molecular weight excluding hydrogens is 442 g/mol. The van der Waals surface area contributed by atoms with Crippen LogP contribution >= 0.6 is 0 Å². The van der Waals surface area contributed by atoms with E-state index in [1.54, 1.807) is 37.4 Å². The van der Waals surface area contributed by atoms with Gasteiger partial charge in [-0.25, -0.2) is 4.98 Å². The molecule has 0 bridgehead atoms. The van der Waals surface area contributed by atoms with Gasteiger partial charge in [0.05, 0.1) is 7.11 Å². The maximum atomic E-state index is 13.3. The third kappa shape index (κ3) is 5.92. The van der Waals surface area contributed by atoms with E-state index in [9.17, 15) is 4.79 Å². The summed E-state index contributed by atoms with van der Waals surface area (Å²) in [4.78, 5) is 21.6. The second kappa shape index (κ2) is 11.2. The average Bonchev–Trinajstić information content (AvgIpc) is 2.88. The van der Waals surface area contributed by atoms with Crippen LogP contribution in [0.25, 0.3) is 0 Å². The van der Waals surface area contributed by atoms with Crippen molar-refractivity contribution in [2.45, 2.75) is 26.3 Å². The second-order valence-corrected chi connectivity index (χ2v) is 8.98. The number of ether oxygens (including phenoxy) is 3. The number of nitrogens with zero attached hydrogens (tertiary/aromatic N) is 3. The minimum atomic E-state index is -0.134. The quantitative estimate of drug-likeness (QED) is 0.531. The van der Waals surface area contributed by atoms with Gasteiger partial charge in [-0.15, -0.1) is 0 Å². The maximum Gasteiger partial charge on any atom is 0.259 e. The van der Waals surface area contributed by atoms with E-state index >= 15 is 0 Å². The topological polar surface area (TPSA) is 64.1 Å². The fraction of sp³-hybridized carbons (Fsp3) is 0.357. The number of amides is 1. The highest BCUT2D eigenvalue weighted by molar-refractivity contribution is 5.96. The Morgan fingerprint density at radius 1 is 1.03 bits per heavy atom. The summed E-state index contributed by atoms with van der Waals surface area (Å²) in [6, 6.07) is 17.3. The van der Waals surface area contributed by atoms with Gasteiger partial charge in [-0.3, -0.25) is 9.69 Å². The number of aromatic nitrogens is 1. The lowest BCUT2D eigenvalue weighted by atomic mass is 10.00. The number of carbonyl (C=O) groups excluding carboxylic acids is 1. The summed E-state index contributed by atoms with van der Waals surface area (Å²) < 4.78 is 17.8. The van der Waals surface area contributed by atoms with E-state index in [-0.39, 0.29) is 11.8 Å². The number of fused-ring (bicyclic) bond motifs is 2. The van der Waals surface area contributed by atoms with Gasteiger partial charge in [0.15, 0.2) is 11.5 Å². The molecule has 2 heterocycles. The summed E-state index contributed by atoms with van der Waals surface area (Å²) in [6.07, 6.45) is 1.62. The van der Waals surface area contributed by atoms with Gasteiger partial charge in [-0.2, -0.15) is 0 Å². The van der Waals surface area contributed by atoms with Crippen molar-refractivity contribution < 1.29 is 19.0 Å². The molecule has 1 aliphatic rings. The Labute approximate surface area is 207 Å². The molecule has 0 saturated heterocycles. The first-order chi connectivity index (χ1) is 17.0. The van der Waals surface area contributed by atoms with Crippen LogP contribution in [0.2, 0.25) is 0 Å². The molecule has 0 spiro atoms. The predicted molar refractivity (Wildman–Crippen MR) is 136 cm³/mol. The van der Waals surface area contributed by atoms with Gasteiger partial charge < -0.3 is 19.1 Å². The first-order valence-corrected chi connectivity index (χ1v) is 12.0. The Hall–Kier alpha value is -3.58. The van der Waals surface area contributed by atoms with Crippen molar-refractivity contribution in [1.82, 2.24) is 14.8 Å². The minimum absolute atomic E-state index is 0.134. The van der Waals surface area contributed by atoms with E-state index < -0.39 is 0 Å². The van der Waals surface area contributed by atoms with E-state index in [0.29, 0.717) is 55.8 Å². The largest absolute Gasteiger partial charge is 0.496 e. The van der Waals surface area contributed by atoms with Gasteiger partial charge in [-0.1, -0.05) is 38.1 Å². The van der Waals surface area contributed by atoms with Crippen LogP contribution in [-0.4, -0.2) is 61.1 Å². The van der Waals surface area contributed by atoms with E-state index in [2.05, 4.69) is 35.9 Å². The first kappa shape index (κ1) is 24.5. The standard InChI is InChI=1S/C28H33N3O4/c1-20(2)21-11-12-24(33-4)22(18-21)19-31-15-14-30(3)28(32)23-8-7-13-29-27(23)35-26-10-6-5-9-25(26)34-17-16-31/h5-13,18,20H,14-17,19H2,1-4H3. The van der Waals surface area contributed by atoms with Crippen molar-refractivity contribution in [3.63, 3.8) is 0 Å². The van der Waals surface area contributed by atoms with E-state index in [4.69, 9.17) is 14.2 Å². The Bertz CT molecular complexity index is 1160. The fourth-order valence-corrected chi connectivity index (χ4v) is 4.07. The Morgan fingerprint density at radius 2 is 1.83 bits per heavy atom. The van der Waals surface area contributed by atoms with Crippen LogP contribution in [0.1, 0.15) is 41.3 Å². The molecule has 0 radical (unpaired) electrons. The molecule has 0 aliphatic carbocycles. The highest BCUT2D eigenvalue weighted by Gasteiger charge is 2.21. The number of likely N-dealkylation sites (N-methyl/N-ethyl adjacent to an activating group) is 1. The van der Waals surface area contributed by atoms with Crippen LogP contribution in [0.5, 0.6) is 23.1 Å². The summed E-state index contributed by atoms with van der Waals surface area (Å²) in [5, 5.41) is 0. The van der Waals surface area contributed by atoms with Crippen LogP contribution < -0.4 is 14.2 Å². The Morgan fingerprint density at radius 3 is 2.60 bits per heavy atom. The number of hydrogen-bond donors (Lipinski definition) is 0. The number of methoxy groups -OCH3 is 1. The molecule has 1 aliphatic heterocycles. The van der Waals surface area contributed by atoms with Gasteiger partial charge in [-0.05, 0) is 41.8 Å². The zero-order valence-corrected chi connectivity index (χ0v) is 20.9. The molecule has 7 heteroatoms. The summed E-state index contributed by atoms with van der Waals surface area (Å²) in [5.41, 5.74) is 2.81. The Balaban J connectivity index is 1.63. The number of pyridine rings is 1. The van der Waals surface area contributed by atoms with Crippen LogP contribution in [0, 0.1) is 0 Å². The van der Waals surface area contributed by atoms with Crippen molar-refractivity contribution in [3.05, 3.63) is 77.5 Å². The van der Waals surface area contributed by atoms with E-state index in [0.717, 1.165) is 11.3 Å². The molecule has 1 aromatic heterocycles. The van der Waals surface area contributed by atoms with Crippen molar-refractivity contribution in [3.8, 4) is 23.1 Å². The highest BCUT2D eigenvalue weighted by Crippen LogP contribution is 2.32. The molecule has 184 valence electrons. The smallest absolute Gasteiger partial charge is 0.259 e. The summed E-state index contributed by atoms with van der Waals surface area (Å²) >= 11 is 0. The number of hydrogen-bond acceptors (Lipinski definition) is 6. The zero-order valence-electron chi connectivity index (χ0n) is 20.9. The normalized spacial score (nSPS) is 15.1. The van der Waals surface area contributed by atoms with Crippen molar-refractivity contribution in [2.75, 3.05) is 40.4 Å². The van der Waals surface area contributed by atoms with E-state index in [1.807, 2.05) is 30.3 Å². The minimum Gasteiger partial charge on any atom is -0.496 e. The Kier molecular flexibility index (Phi) is 7.87.